The van der Waals surface area contributed by atoms with Gasteiger partial charge < -0.3 is 53.7 Å². The minimum atomic E-state index is -5.25. The highest BCUT2D eigenvalue weighted by atomic mass is 32.3. The summed E-state index contributed by atoms with van der Waals surface area (Å²) in [4.78, 5) is 30.2. The first-order valence-electron chi connectivity index (χ1n) is 19.2. The van der Waals surface area contributed by atoms with Gasteiger partial charge in [0.1, 0.15) is 35.8 Å². The lowest BCUT2D eigenvalue weighted by Gasteiger charge is -2.49. The van der Waals surface area contributed by atoms with Crippen molar-refractivity contribution in [3.05, 3.63) is 0 Å². The molecule has 0 unspecified atom stereocenters. The predicted octanol–water partition coefficient (Wildman–Crippen LogP) is 1.61. The molecule has 0 aromatic carbocycles. The summed E-state index contributed by atoms with van der Waals surface area (Å²) < 4.78 is 75.8. The Morgan fingerprint density at radius 2 is 1.51 bits per heavy atom. The molecule has 5 N–H and O–H groups in total. The highest BCUT2D eigenvalue weighted by molar-refractivity contribution is 7.80. The first-order valence-corrected chi connectivity index (χ1v) is 20.5. The molecule has 17 nitrogen and oxygen atoms in total. The molecule has 0 bridgehead atoms. The Labute approximate surface area is 326 Å². The summed E-state index contributed by atoms with van der Waals surface area (Å²) in [6, 6.07) is -0.386. The summed E-state index contributed by atoms with van der Waals surface area (Å²) in [5.74, 6) is -6.15. The summed E-state index contributed by atoms with van der Waals surface area (Å²) in [6.45, 7) is 15.3. The average Bonchev–Trinajstić information content (AvgIpc) is 3.08. The van der Waals surface area contributed by atoms with Crippen molar-refractivity contribution in [1.29, 1.82) is 0 Å². The van der Waals surface area contributed by atoms with Crippen LogP contribution in [0.4, 0.5) is 0 Å². The number of ether oxygens (including phenoxy) is 6. The first kappa shape index (κ1) is 48.0. The van der Waals surface area contributed by atoms with Crippen molar-refractivity contribution in [2.24, 2.45) is 23.7 Å². The molecule has 3 aliphatic heterocycles. The number of hydrogen-bond donors (Lipinski definition) is 5. The fraction of sp³-hybridized carbons (Fsp3) is 0.946. The Bertz CT molecular complexity index is 1410. The van der Waals surface area contributed by atoms with Gasteiger partial charge in [-0.05, 0) is 74.9 Å². The molecule has 322 valence electrons. The maximum atomic E-state index is 14.2. The van der Waals surface area contributed by atoms with Crippen LogP contribution in [0.25, 0.3) is 0 Å². The fourth-order valence-corrected chi connectivity index (χ4v) is 9.33. The number of nitrogens with zero attached hydrogens (tertiary/aromatic N) is 1. The van der Waals surface area contributed by atoms with E-state index in [0.29, 0.717) is 6.42 Å². The Balaban J connectivity index is 2.24. The maximum absolute atomic E-state index is 14.2. The number of likely N-dealkylation sites (N-methyl/N-ethyl adjacent to an activating group) is 1. The zero-order chi connectivity index (χ0) is 42.2. The van der Waals surface area contributed by atoms with Crippen molar-refractivity contribution < 1.29 is 75.6 Å². The second-order valence-corrected chi connectivity index (χ2v) is 18.0. The summed E-state index contributed by atoms with van der Waals surface area (Å²) in [7, 11) is -0.184. The van der Waals surface area contributed by atoms with Gasteiger partial charge >= 0.3 is 16.4 Å². The van der Waals surface area contributed by atoms with Crippen LogP contribution in [0.5, 0.6) is 0 Å². The minimum Gasteiger partial charge on any atom is -0.459 e. The molecule has 0 amide bonds. The molecule has 3 saturated heterocycles. The van der Waals surface area contributed by atoms with Gasteiger partial charge in [0.05, 0.1) is 41.5 Å². The first-order chi connectivity index (χ1) is 25.1. The summed E-state index contributed by atoms with van der Waals surface area (Å²) >= 11 is 0. The number of aliphatic hydroxyl groups is 4. The van der Waals surface area contributed by atoms with Crippen molar-refractivity contribution in [2.75, 3.05) is 21.2 Å². The number of cyclic esters (lactones) is 1. The van der Waals surface area contributed by atoms with E-state index in [-0.39, 0.29) is 31.4 Å². The Morgan fingerprint density at radius 3 is 2.04 bits per heavy atom. The Hall–Kier alpha value is -1.39. The summed E-state index contributed by atoms with van der Waals surface area (Å²) in [6.07, 6.45) is -11.4. The second kappa shape index (κ2) is 18.3. The number of hydrogen-bond acceptors (Lipinski definition) is 16. The lowest BCUT2D eigenvalue weighted by molar-refractivity contribution is -0.318. The van der Waals surface area contributed by atoms with E-state index in [4.69, 9.17) is 32.6 Å². The molecule has 0 aromatic heterocycles. The van der Waals surface area contributed by atoms with Gasteiger partial charge in [-0.15, -0.1) is 0 Å². The third-order valence-corrected chi connectivity index (χ3v) is 12.5. The molecule has 0 radical (unpaired) electrons. The molecule has 18 heteroatoms. The van der Waals surface area contributed by atoms with Gasteiger partial charge in [-0.2, -0.15) is 8.42 Å². The van der Waals surface area contributed by atoms with Crippen LogP contribution >= 0.6 is 0 Å². The van der Waals surface area contributed by atoms with Crippen LogP contribution < -0.4 is 0 Å². The van der Waals surface area contributed by atoms with E-state index in [1.165, 1.54) is 34.8 Å². The van der Waals surface area contributed by atoms with Crippen LogP contribution in [0.2, 0.25) is 0 Å². The molecule has 0 spiro atoms. The molecule has 0 aromatic rings. The zero-order valence-electron chi connectivity index (χ0n) is 34.6. The van der Waals surface area contributed by atoms with Gasteiger partial charge in [0.2, 0.25) is 0 Å². The van der Waals surface area contributed by atoms with Gasteiger partial charge in [0.25, 0.3) is 0 Å². The molecule has 55 heavy (non-hydrogen) atoms. The summed E-state index contributed by atoms with van der Waals surface area (Å²) in [5.41, 5.74) is -5.40. The molecule has 0 aliphatic carbocycles. The topological polar surface area (TPSA) is 237 Å². The highest BCUT2D eigenvalue weighted by Crippen LogP contribution is 2.41. The Kier molecular flexibility index (Phi) is 15.9. The van der Waals surface area contributed by atoms with Gasteiger partial charge in [0.15, 0.2) is 12.6 Å². The molecule has 3 fully saturated rings. The van der Waals surface area contributed by atoms with Crippen LogP contribution in [0.3, 0.4) is 0 Å². The minimum absolute atomic E-state index is 0.0266. The van der Waals surface area contributed by atoms with E-state index in [1.54, 1.807) is 27.7 Å². The van der Waals surface area contributed by atoms with Crippen LogP contribution in [0.15, 0.2) is 0 Å². The number of carbonyl (C=O) groups is 2. The van der Waals surface area contributed by atoms with E-state index in [0.717, 1.165) is 6.92 Å². The number of esters is 1. The molecule has 0 saturated carbocycles. The smallest absolute Gasteiger partial charge is 0.397 e. The average molecular weight is 814 g/mol. The number of methoxy groups -OCH3 is 1. The number of Topliss-reactive ketones (excluding diaryl/α,β-unsaturated/α-hetero) is 1. The number of carbonyl (C=O) groups excluding carboxylic acids is 2. The van der Waals surface area contributed by atoms with Gasteiger partial charge in [-0.1, -0.05) is 27.7 Å². The van der Waals surface area contributed by atoms with Gasteiger partial charge in [0, 0.05) is 37.3 Å². The van der Waals surface area contributed by atoms with Gasteiger partial charge in [-0.3, -0.25) is 14.1 Å². The number of rotatable bonds is 9. The normalized spacial score (nSPS) is 47.3. The SMILES string of the molecule is CC[C@H]1OC(=O)[C@H](C)[C@@H](O[C@H]2C[C@@](C)(OC)[C@@H](O)[C@H](C)O2)[C@H](C)[C@@H](O[C@@H]2O[C@H](C)C[C@H](N(C)C)[C@H]2O)[C@](C)(O)C[C@@H](C)C(=O)[C@H](C)[C@@H](OS(=O)(=O)O)[C@]1(C)O. The van der Waals surface area contributed by atoms with Crippen molar-refractivity contribution in [1.82, 2.24) is 4.90 Å². The third-order valence-electron chi connectivity index (χ3n) is 12.0. The zero-order valence-corrected chi connectivity index (χ0v) is 35.4. The Morgan fingerprint density at radius 1 is 0.909 bits per heavy atom. The van der Waals surface area contributed by atoms with E-state index < -0.39 is 118 Å². The van der Waals surface area contributed by atoms with Crippen LogP contribution in [-0.2, 0) is 52.6 Å². The fourth-order valence-electron chi connectivity index (χ4n) is 8.71. The van der Waals surface area contributed by atoms with Crippen LogP contribution in [0.1, 0.15) is 94.9 Å². The van der Waals surface area contributed by atoms with Crippen LogP contribution in [0, 0.1) is 23.7 Å². The molecular weight excluding hydrogens is 746 g/mol. The van der Waals surface area contributed by atoms with E-state index in [9.17, 15) is 43.0 Å². The summed E-state index contributed by atoms with van der Waals surface area (Å²) in [5, 5.41) is 46.7. The van der Waals surface area contributed by atoms with E-state index >= 15 is 0 Å². The van der Waals surface area contributed by atoms with Crippen molar-refractivity contribution in [2.45, 2.75) is 179 Å². The van der Waals surface area contributed by atoms with Gasteiger partial charge in [-0.25, -0.2) is 4.18 Å². The molecule has 3 rings (SSSR count). The highest BCUT2D eigenvalue weighted by Gasteiger charge is 2.54. The van der Waals surface area contributed by atoms with E-state index in [1.807, 2.05) is 25.9 Å². The molecule has 3 aliphatic rings. The lowest BCUT2D eigenvalue weighted by atomic mass is 9.74. The number of aliphatic hydroxyl groups excluding tert-OH is 2. The van der Waals surface area contributed by atoms with E-state index in [2.05, 4.69) is 0 Å². The molecular formula is C37H67NO16S. The predicted molar refractivity (Wildman–Crippen MR) is 197 cm³/mol. The van der Waals surface area contributed by atoms with Crippen molar-refractivity contribution >= 4 is 22.2 Å². The largest absolute Gasteiger partial charge is 0.459 e. The molecule has 3 heterocycles. The second-order valence-electron chi connectivity index (χ2n) is 17.0. The number of ketones is 1. The monoisotopic (exact) mass is 813 g/mol. The van der Waals surface area contributed by atoms with Crippen molar-refractivity contribution in [3.63, 3.8) is 0 Å². The standard InChI is InChI=1S/C37H67NO16S/c1-14-25-37(10,44)32(54-55(45,46)47)20(4)27(39)18(2)16-35(8,43)31(53-34-28(40)24(38(11)12)15-19(3)49-34)21(5)29(22(6)33(42)51-25)52-26-17-36(9,48-13)30(41)23(7)50-26/h18-26,28-32,34,40-41,43-44H,14-17H2,1-13H3,(H,45,46,47)/t18-,19-,20+,21+,22-,23+,24+,25-,26+,28-,29+,30+,31-,32-,34+,35-,36-,37-/m1/s1. The maximum Gasteiger partial charge on any atom is 0.397 e. The molecule has 18 atom stereocenters. The lowest BCUT2D eigenvalue weighted by Crippen LogP contribution is -2.61. The third kappa shape index (κ3) is 11.0. The van der Waals surface area contributed by atoms with Crippen molar-refractivity contribution in [3.8, 4) is 0 Å². The van der Waals surface area contributed by atoms with Crippen LogP contribution in [-0.4, -0.2) is 156 Å². The quantitative estimate of drug-likeness (QED) is 0.164.